The minimum absolute atomic E-state index is 0.291. The van der Waals surface area contributed by atoms with Gasteiger partial charge in [0.25, 0.3) is 0 Å². The van der Waals surface area contributed by atoms with Gasteiger partial charge in [-0.2, -0.15) is 13.2 Å². The number of alkyl halides is 3. The lowest BCUT2D eigenvalue weighted by atomic mass is 10.1. The topological polar surface area (TPSA) is 56.7 Å². The van der Waals surface area contributed by atoms with Crippen molar-refractivity contribution in [3.8, 4) is 16.8 Å². The molecule has 0 bridgehead atoms. The summed E-state index contributed by atoms with van der Waals surface area (Å²) in [6.07, 6.45) is -1.19. The molecule has 0 saturated heterocycles. The van der Waals surface area contributed by atoms with E-state index in [9.17, 15) is 13.2 Å². The standard InChI is InChI=1S/C19H13F3N4/c20-19(21,22)14-5-6-17-16(9-14)25-11-26(17)15-3-1-2-12(8-15)13-4-7-18(23)24-10-13/h1-11H,(H2,23,24). The van der Waals surface area contributed by atoms with Crippen LogP contribution in [0.3, 0.4) is 0 Å². The summed E-state index contributed by atoms with van der Waals surface area (Å²) in [4.78, 5) is 8.20. The second-order valence-corrected chi connectivity index (χ2v) is 5.84. The number of fused-ring (bicyclic) bond motifs is 1. The first-order valence-electron chi connectivity index (χ1n) is 7.78. The van der Waals surface area contributed by atoms with Crippen LogP contribution in [0.1, 0.15) is 5.56 Å². The average molecular weight is 354 g/mol. The van der Waals surface area contributed by atoms with Crippen LogP contribution in [0.25, 0.3) is 27.8 Å². The Hall–Kier alpha value is -3.35. The molecule has 0 radical (unpaired) electrons. The minimum Gasteiger partial charge on any atom is -0.384 e. The lowest BCUT2D eigenvalue weighted by molar-refractivity contribution is -0.137. The summed E-state index contributed by atoms with van der Waals surface area (Å²) in [5, 5.41) is 0. The fraction of sp³-hybridized carbons (Fsp3) is 0.0526. The molecule has 0 aliphatic carbocycles. The smallest absolute Gasteiger partial charge is 0.384 e. The van der Waals surface area contributed by atoms with Gasteiger partial charge in [-0.3, -0.25) is 4.57 Å². The Labute approximate surface area is 146 Å². The van der Waals surface area contributed by atoms with Crippen molar-refractivity contribution >= 4 is 16.9 Å². The average Bonchev–Trinajstić information content (AvgIpc) is 3.05. The number of nitrogens with zero attached hydrogens (tertiary/aromatic N) is 3. The SMILES string of the molecule is Nc1ccc(-c2cccc(-n3cnc4cc(C(F)(F)F)ccc43)c2)cn1. The quantitative estimate of drug-likeness (QED) is 0.568. The molecule has 0 aliphatic heterocycles. The van der Waals surface area contributed by atoms with Crippen molar-refractivity contribution in [2.24, 2.45) is 0 Å². The first-order chi connectivity index (χ1) is 12.4. The summed E-state index contributed by atoms with van der Waals surface area (Å²) in [5.74, 6) is 0.436. The summed E-state index contributed by atoms with van der Waals surface area (Å²) in [6, 6.07) is 14.7. The van der Waals surface area contributed by atoms with E-state index in [1.807, 2.05) is 30.3 Å². The first-order valence-corrected chi connectivity index (χ1v) is 7.78. The van der Waals surface area contributed by atoms with Crippen LogP contribution in [0, 0.1) is 0 Å². The Bertz CT molecular complexity index is 1080. The molecule has 2 heterocycles. The molecule has 0 saturated carbocycles. The number of nitrogen functional groups attached to an aromatic ring is 1. The molecule has 0 spiro atoms. The van der Waals surface area contributed by atoms with Gasteiger partial charge in [0.15, 0.2) is 0 Å². The number of anilines is 1. The summed E-state index contributed by atoms with van der Waals surface area (Å²) >= 11 is 0. The Morgan fingerprint density at radius 1 is 0.885 bits per heavy atom. The molecule has 0 unspecified atom stereocenters. The van der Waals surface area contributed by atoms with Crippen LogP contribution < -0.4 is 5.73 Å². The first kappa shape index (κ1) is 16.1. The number of hydrogen-bond acceptors (Lipinski definition) is 3. The third-order valence-electron chi connectivity index (χ3n) is 4.12. The van der Waals surface area contributed by atoms with E-state index in [1.165, 1.54) is 12.4 Å². The van der Waals surface area contributed by atoms with Crippen molar-refractivity contribution in [3.63, 3.8) is 0 Å². The highest BCUT2D eigenvalue weighted by atomic mass is 19.4. The molecule has 4 nitrogen and oxygen atoms in total. The van der Waals surface area contributed by atoms with Gasteiger partial charge in [0.2, 0.25) is 0 Å². The van der Waals surface area contributed by atoms with Crippen LogP contribution in [0.2, 0.25) is 0 Å². The lowest BCUT2D eigenvalue weighted by Crippen LogP contribution is -2.04. The van der Waals surface area contributed by atoms with Gasteiger partial charge in [-0.05, 0) is 48.0 Å². The third-order valence-corrected chi connectivity index (χ3v) is 4.12. The lowest BCUT2D eigenvalue weighted by Gasteiger charge is -2.09. The number of pyridine rings is 1. The van der Waals surface area contributed by atoms with E-state index < -0.39 is 11.7 Å². The highest BCUT2D eigenvalue weighted by Gasteiger charge is 2.30. The van der Waals surface area contributed by atoms with Gasteiger partial charge in [0.1, 0.15) is 12.1 Å². The molecule has 130 valence electrons. The number of halogens is 3. The number of imidazole rings is 1. The van der Waals surface area contributed by atoms with E-state index in [4.69, 9.17) is 5.73 Å². The van der Waals surface area contributed by atoms with E-state index in [0.717, 1.165) is 28.9 Å². The van der Waals surface area contributed by atoms with Crippen molar-refractivity contribution in [2.75, 3.05) is 5.73 Å². The van der Waals surface area contributed by atoms with E-state index in [-0.39, 0.29) is 0 Å². The molecule has 0 aliphatic rings. The van der Waals surface area contributed by atoms with Gasteiger partial charge in [-0.15, -0.1) is 0 Å². The maximum Gasteiger partial charge on any atom is 0.416 e. The predicted molar refractivity (Wildman–Crippen MR) is 93.7 cm³/mol. The highest BCUT2D eigenvalue weighted by Crippen LogP contribution is 2.32. The van der Waals surface area contributed by atoms with E-state index in [1.54, 1.807) is 16.8 Å². The van der Waals surface area contributed by atoms with Gasteiger partial charge in [0, 0.05) is 17.4 Å². The molecule has 4 aromatic rings. The molecule has 0 fully saturated rings. The van der Waals surface area contributed by atoms with Crippen LogP contribution >= 0.6 is 0 Å². The monoisotopic (exact) mass is 354 g/mol. The summed E-state index contributed by atoms with van der Waals surface area (Å²) in [7, 11) is 0. The Morgan fingerprint density at radius 2 is 1.73 bits per heavy atom. The van der Waals surface area contributed by atoms with Gasteiger partial charge in [-0.1, -0.05) is 12.1 Å². The maximum atomic E-state index is 12.9. The predicted octanol–water partition coefficient (Wildman–Crippen LogP) is 4.69. The summed E-state index contributed by atoms with van der Waals surface area (Å²) in [5.41, 5.74) is 8.40. The number of benzene rings is 2. The molecule has 0 amide bonds. The van der Waals surface area contributed by atoms with E-state index >= 15 is 0 Å². The second kappa shape index (κ2) is 5.87. The van der Waals surface area contributed by atoms with Crippen LogP contribution in [-0.2, 0) is 6.18 Å². The molecule has 2 aromatic carbocycles. The summed E-state index contributed by atoms with van der Waals surface area (Å²) < 4.78 is 40.3. The molecule has 26 heavy (non-hydrogen) atoms. The molecular weight excluding hydrogens is 341 g/mol. The van der Waals surface area contributed by atoms with Crippen molar-refractivity contribution in [1.82, 2.24) is 14.5 Å². The highest BCUT2D eigenvalue weighted by molar-refractivity contribution is 5.79. The zero-order chi connectivity index (χ0) is 18.3. The Morgan fingerprint density at radius 3 is 2.46 bits per heavy atom. The number of nitrogens with two attached hydrogens (primary N) is 1. The van der Waals surface area contributed by atoms with Gasteiger partial charge in [-0.25, -0.2) is 9.97 Å². The number of aromatic nitrogens is 3. The summed E-state index contributed by atoms with van der Waals surface area (Å²) in [6.45, 7) is 0. The Kier molecular flexibility index (Phi) is 3.64. The van der Waals surface area contributed by atoms with Crippen molar-refractivity contribution in [3.05, 3.63) is 72.7 Å². The fourth-order valence-corrected chi connectivity index (χ4v) is 2.81. The Balaban J connectivity index is 1.78. The fourth-order valence-electron chi connectivity index (χ4n) is 2.81. The molecule has 2 aromatic heterocycles. The largest absolute Gasteiger partial charge is 0.416 e. The van der Waals surface area contributed by atoms with E-state index in [2.05, 4.69) is 9.97 Å². The minimum atomic E-state index is -4.39. The van der Waals surface area contributed by atoms with Crippen molar-refractivity contribution in [2.45, 2.75) is 6.18 Å². The maximum absolute atomic E-state index is 12.9. The van der Waals surface area contributed by atoms with Crippen LogP contribution in [0.4, 0.5) is 19.0 Å². The van der Waals surface area contributed by atoms with Gasteiger partial charge in [0.05, 0.1) is 16.6 Å². The third kappa shape index (κ3) is 2.88. The molecule has 0 atom stereocenters. The molecular formula is C19H13F3N4. The van der Waals surface area contributed by atoms with Gasteiger partial charge < -0.3 is 5.73 Å². The van der Waals surface area contributed by atoms with Crippen LogP contribution in [0.15, 0.2) is 67.1 Å². The van der Waals surface area contributed by atoms with Crippen molar-refractivity contribution in [1.29, 1.82) is 0 Å². The molecule has 4 rings (SSSR count). The zero-order valence-corrected chi connectivity index (χ0v) is 13.4. The van der Waals surface area contributed by atoms with Crippen LogP contribution in [0.5, 0.6) is 0 Å². The second-order valence-electron chi connectivity index (χ2n) is 5.84. The molecule has 7 heteroatoms. The number of rotatable bonds is 2. The van der Waals surface area contributed by atoms with E-state index in [0.29, 0.717) is 16.9 Å². The zero-order valence-electron chi connectivity index (χ0n) is 13.4. The normalized spacial score (nSPS) is 11.8. The molecule has 2 N–H and O–H groups in total. The van der Waals surface area contributed by atoms with Crippen LogP contribution in [-0.4, -0.2) is 14.5 Å². The number of hydrogen-bond donors (Lipinski definition) is 1. The van der Waals surface area contributed by atoms with Gasteiger partial charge >= 0.3 is 6.18 Å². The van der Waals surface area contributed by atoms with Crippen molar-refractivity contribution < 1.29 is 13.2 Å².